The van der Waals surface area contributed by atoms with Crippen LogP contribution in [0.4, 0.5) is 5.82 Å². The van der Waals surface area contributed by atoms with E-state index in [4.69, 9.17) is 19.6 Å². The lowest BCUT2D eigenvalue weighted by Crippen LogP contribution is -2.28. The molecule has 3 heterocycles. The summed E-state index contributed by atoms with van der Waals surface area (Å²) < 4.78 is 17.0. The average Bonchev–Trinajstić information content (AvgIpc) is 3.13. The minimum Gasteiger partial charge on any atom is -0.419 e. The normalized spacial score (nSPS) is 20.6. The zero-order valence-electron chi connectivity index (χ0n) is 15.8. The quantitative estimate of drug-likeness (QED) is 0.597. The van der Waals surface area contributed by atoms with E-state index in [9.17, 15) is 4.79 Å². The van der Waals surface area contributed by atoms with Crippen molar-refractivity contribution in [2.75, 3.05) is 18.9 Å². The highest BCUT2D eigenvalue weighted by Gasteiger charge is 2.27. The van der Waals surface area contributed by atoms with Gasteiger partial charge in [0, 0.05) is 17.8 Å². The summed E-state index contributed by atoms with van der Waals surface area (Å²) in [7, 11) is 0. The van der Waals surface area contributed by atoms with Crippen LogP contribution in [-0.4, -0.2) is 46.0 Å². The Hall–Kier alpha value is -2.39. The second-order valence-corrected chi connectivity index (χ2v) is 7.55. The standard InChI is InChI=1S/C18H25N5O4/c1-18(2,3)17-23-22-16(27-17)14-15(19)20-9-12(21-14)11-5-6-13(26-10-11)25-8-4-7-24/h7,9,11,13H,4-6,8,10H2,1-3H3,(H2,19,20). The highest BCUT2D eigenvalue weighted by atomic mass is 16.7. The van der Waals surface area contributed by atoms with Gasteiger partial charge in [0.15, 0.2) is 17.8 Å². The number of anilines is 1. The molecule has 2 unspecified atom stereocenters. The van der Waals surface area contributed by atoms with Crippen molar-refractivity contribution in [2.45, 2.75) is 57.7 Å². The molecule has 9 nitrogen and oxygen atoms in total. The molecule has 0 radical (unpaired) electrons. The Balaban J connectivity index is 1.71. The van der Waals surface area contributed by atoms with Crippen LogP contribution in [0.15, 0.2) is 10.6 Å². The topological polar surface area (TPSA) is 126 Å². The first-order valence-corrected chi connectivity index (χ1v) is 9.02. The largest absolute Gasteiger partial charge is 0.419 e. The molecule has 1 saturated heterocycles. The highest BCUT2D eigenvalue weighted by Crippen LogP contribution is 2.31. The summed E-state index contributed by atoms with van der Waals surface area (Å²) in [5.74, 6) is 1.10. The Kier molecular flexibility index (Phi) is 5.81. The second-order valence-electron chi connectivity index (χ2n) is 7.55. The van der Waals surface area contributed by atoms with E-state index in [0.29, 0.717) is 31.2 Å². The number of aldehydes is 1. The van der Waals surface area contributed by atoms with Gasteiger partial charge in [0.05, 0.1) is 25.1 Å². The number of rotatable bonds is 6. The van der Waals surface area contributed by atoms with E-state index >= 15 is 0 Å². The number of carbonyl (C=O) groups is 1. The number of nitrogen functional groups attached to an aromatic ring is 1. The van der Waals surface area contributed by atoms with Gasteiger partial charge in [-0.3, -0.25) is 0 Å². The summed E-state index contributed by atoms with van der Waals surface area (Å²) in [6.07, 6.45) is 4.13. The third-order valence-corrected chi connectivity index (χ3v) is 4.28. The molecule has 0 saturated carbocycles. The molecule has 9 heteroatoms. The summed E-state index contributed by atoms with van der Waals surface area (Å²) in [4.78, 5) is 19.2. The smallest absolute Gasteiger partial charge is 0.270 e. The summed E-state index contributed by atoms with van der Waals surface area (Å²) in [6, 6.07) is 0. The summed E-state index contributed by atoms with van der Waals surface area (Å²) in [5.41, 5.74) is 6.87. The first kappa shape index (κ1) is 19.4. The SMILES string of the molecule is CC(C)(C)c1nnc(-c2nc(C3CCC(OCCC=O)OC3)cnc2N)o1. The molecular formula is C18H25N5O4. The van der Waals surface area contributed by atoms with Crippen molar-refractivity contribution < 1.29 is 18.7 Å². The number of ether oxygens (including phenoxy) is 2. The fourth-order valence-corrected chi connectivity index (χ4v) is 2.73. The van der Waals surface area contributed by atoms with Gasteiger partial charge < -0.3 is 24.4 Å². The summed E-state index contributed by atoms with van der Waals surface area (Å²) in [5, 5.41) is 8.16. The molecule has 2 aromatic heterocycles. The maximum absolute atomic E-state index is 10.4. The van der Waals surface area contributed by atoms with E-state index in [1.54, 1.807) is 6.20 Å². The number of nitrogens with zero attached hydrogens (tertiary/aromatic N) is 4. The van der Waals surface area contributed by atoms with E-state index in [1.165, 1.54) is 0 Å². The molecule has 27 heavy (non-hydrogen) atoms. The number of aromatic nitrogens is 4. The van der Waals surface area contributed by atoms with E-state index < -0.39 is 0 Å². The monoisotopic (exact) mass is 375 g/mol. The van der Waals surface area contributed by atoms with Crippen LogP contribution in [0.2, 0.25) is 0 Å². The Morgan fingerprint density at radius 2 is 2.15 bits per heavy atom. The van der Waals surface area contributed by atoms with Gasteiger partial charge in [-0.1, -0.05) is 20.8 Å². The molecule has 146 valence electrons. The second kappa shape index (κ2) is 8.10. The van der Waals surface area contributed by atoms with Crippen molar-refractivity contribution in [2.24, 2.45) is 0 Å². The molecular weight excluding hydrogens is 350 g/mol. The predicted octanol–water partition coefficient (Wildman–Crippen LogP) is 2.23. The minimum absolute atomic E-state index is 0.0766. The Bertz CT molecular complexity index is 778. The van der Waals surface area contributed by atoms with E-state index in [-0.39, 0.29) is 29.3 Å². The van der Waals surface area contributed by atoms with Gasteiger partial charge in [0.25, 0.3) is 5.89 Å². The predicted molar refractivity (Wildman–Crippen MR) is 96.8 cm³/mol. The lowest BCUT2D eigenvalue weighted by Gasteiger charge is -2.28. The Morgan fingerprint density at radius 1 is 1.33 bits per heavy atom. The van der Waals surface area contributed by atoms with Crippen molar-refractivity contribution in [3.63, 3.8) is 0 Å². The molecule has 1 aliphatic heterocycles. The van der Waals surface area contributed by atoms with Crippen LogP contribution in [0.3, 0.4) is 0 Å². The van der Waals surface area contributed by atoms with Crippen molar-refractivity contribution in [1.82, 2.24) is 20.2 Å². The van der Waals surface area contributed by atoms with Crippen molar-refractivity contribution >= 4 is 12.1 Å². The zero-order chi connectivity index (χ0) is 19.4. The molecule has 2 aromatic rings. The van der Waals surface area contributed by atoms with Crippen LogP contribution in [0.25, 0.3) is 11.6 Å². The molecule has 0 spiro atoms. The van der Waals surface area contributed by atoms with E-state index in [1.807, 2.05) is 20.8 Å². The molecule has 1 aliphatic rings. The molecule has 2 atom stereocenters. The number of carbonyl (C=O) groups excluding carboxylic acids is 1. The first-order valence-electron chi connectivity index (χ1n) is 9.02. The van der Waals surface area contributed by atoms with Gasteiger partial charge in [-0.25, -0.2) is 9.97 Å². The van der Waals surface area contributed by atoms with Crippen LogP contribution in [0.5, 0.6) is 0 Å². The maximum atomic E-state index is 10.4. The van der Waals surface area contributed by atoms with Gasteiger partial charge in [-0.15, -0.1) is 10.2 Å². The lowest BCUT2D eigenvalue weighted by molar-refractivity contribution is -0.168. The molecule has 2 N–H and O–H groups in total. The molecule has 1 fully saturated rings. The molecule has 0 bridgehead atoms. The maximum Gasteiger partial charge on any atom is 0.270 e. The first-order chi connectivity index (χ1) is 12.9. The highest BCUT2D eigenvalue weighted by molar-refractivity contribution is 5.61. The third-order valence-electron chi connectivity index (χ3n) is 4.28. The average molecular weight is 375 g/mol. The van der Waals surface area contributed by atoms with E-state index in [2.05, 4.69) is 20.2 Å². The van der Waals surface area contributed by atoms with Gasteiger partial charge in [-0.05, 0) is 12.8 Å². The van der Waals surface area contributed by atoms with Crippen molar-refractivity contribution in [1.29, 1.82) is 0 Å². The van der Waals surface area contributed by atoms with Crippen LogP contribution >= 0.6 is 0 Å². The van der Waals surface area contributed by atoms with Crippen LogP contribution in [-0.2, 0) is 19.7 Å². The fourth-order valence-electron chi connectivity index (χ4n) is 2.73. The van der Waals surface area contributed by atoms with Crippen molar-refractivity contribution in [3.8, 4) is 11.6 Å². The van der Waals surface area contributed by atoms with Crippen molar-refractivity contribution in [3.05, 3.63) is 17.8 Å². The molecule has 0 aliphatic carbocycles. The van der Waals surface area contributed by atoms with E-state index in [0.717, 1.165) is 24.8 Å². The van der Waals surface area contributed by atoms with Gasteiger partial charge in [0.2, 0.25) is 5.89 Å². The Morgan fingerprint density at radius 3 is 2.78 bits per heavy atom. The zero-order valence-corrected chi connectivity index (χ0v) is 15.8. The lowest BCUT2D eigenvalue weighted by atomic mass is 9.97. The van der Waals surface area contributed by atoms with Gasteiger partial charge in [-0.2, -0.15) is 0 Å². The molecule has 3 rings (SSSR count). The number of hydrogen-bond acceptors (Lipinski definition) is 9. The molecule has 0 aromatic carbocycles. The minimum atomic E-state index is -0.285. The number of hydrogen-bond donors (Lipinski definition) is 1. The number of nitrogens with two attached hydrogens (primary N) is 1. The van der Waals surface area contributed by atoms with Gasteiger partial charge >= 0.3 is 0 Å². The molecule has 0 amide bonds. The Labute approximate surface area is 157 Å². The summed E-state index contributed by atoms with van der Waals surface area (Å²) >= 11 is 0. The van der Waals surface area contributed by atoms with Crippen LogP contribution < -0.4 is 5.73 Å². The summed E-state index contributed by atoms with van der Waals surface area (Å²) in [6.45, 7) is 6.80. The third kappa shape index (κ3) is 4.67. The van der Waals surface area contributed by atoms with Gasteiger partial charge in [0.1, 0.15) is 6.29 Å². The fraction of sp³-hybridized carbons (Fsp3) is 0.611. The van der Waals surface area contributed by atoms with Crippen LogP contribution in [0, 0.1) is 0 Å². The van der Waals surface area contributed by atoms with Crippen LogP contribution in [0.1, 0.15) is 57.5 Å².